The monoisotopic (exact) mass is 220 g/mol. The summed E-state index contributed by atoms with van der Waals surface area (Å²) in [6.45, 7) is 5.54. The second-order valence-electron chi connectivity index (χ2n) is 3.50. The maximum Gasteiger partial charge on any atom is 0.118 e. The first-order valence-electron chi connectivity index (χ1n) is 5.25. The van der Waals surface area contributed by atoms with Crippen molar-refractivity contribution in [3.05, 3.63) is 59.4 Å². The lowest BCUT2D eigenvalue weighted by Gasteiger charge is -1.93. The molecule has 0 aliphatic rings. The summed E-state index contributed by atoms with van der Waals surface area (Å²) in [5.41, 5.74) is 2.07. The third-order valence-electron chi connectivity index (χ3n) is 1.82. The first kappa shape index (κ1) is 14.5. The highest BCUT2D eigenvalue weighted by Gasteiger charge is 1.87. The first-order valence-corrected chi connectivity index (χ1v) is 5.25. The summed E-state index contributed by atoms with van der Waals surface area (Å²) in [5.74, 6) is -0.0252. The van der Waals surface area contributed by atoms with E-state index in [1.807, 2.05) is 57.2 Å². The minimum atomic E-state index is -0.324. The van der Waals surface area contributed by atoms with Gasteiger partial charge in [-0.2, -0.15) is 0 Å². The van der Waals surface area contributed by atoms with Gasteiger partial charge in [0.25, 0.3) is 0 Å². The molecule has 2 nitrogen and oxygen atoms in total. The van der Waals surface area contributed by atoms with E-state index in [4.69, 9.17) is 10.2 Å². The standard InChI is InChI=1S/C14H20O2/c1-4-7-12(2)8-5-6-9-13(3)10-14(16)11-15/h4-10,15-16H,11H2,1-3H3/b6-5+,7-4+,12-8+,13-9+,14-10-. The maximum absolute atomic E-state index is 9.07. The Balaban J connectivity index is 4.37. The lowest BCUT2D eigenvalue weighted by atomic mass is 10.2. The van der Waals surface area contributed by atoms with Gasteiger partial charge in [-0.3, -0.25) is 0 Å². The van der Waals surface area contributed by atoms with Gasteiger partial charge in [-0.25, -0.2) is 0 Å². The van der Waals surface area contributed by atoms with Crippen molar-refractivity contribution in [1.29, 1.82) is 0 Å². The van der Waals surface area contributed by atoms with Gasteiger partial charge in [0.05, 0.1) is 0 Å². The number of hydrogen-bond donors (Lipinski definition) is 2. The largest absolute Gasteiger partial charge is 0.510 e. The molecule has 0 saturated heterocycles. The number of rotatable bonds is 5. The molecule has 0 aromatic carbocycles. The Labute approximate surface area is 97.6 Å². The van der Waals surface area contributed by atoms with E-state index in [9.17, 15) is 0 Å². The fourth-order valence-electron chi connectivity index (χ4n) is 1.09. The minimum Gasteiger partial charge on any atom is -0.510 e. The number of aliphatic hydroxyl groups is 2. The predicted octanol–water partition coefficient (Wildman–Crippen LogP) is 3.45. The summed E-state index contributed by atoms with van der Waals surface area (Å²) in [4.78, 5) is 0. The molecule has 0 aromatic rings. The zero-order chi connectivity index (χ0) is 12.4. The van der Waals surface area contributed by atoms with Crippen molar-refractivity contribution in [1.82, 2.24) is 0 Å². The van der Waals surface area contributed by atoms with Crippen LogP contribution in [0.4, 0.5) is 0 Å². The Bertz CT molecular complexity index is 342. The zero-order valence-electron chi connectivity index (χ0n) is 10.1. The molecule has 0 radical (unpaired) electrons. The third-order valence-corrected chi connectivity index (χ3v) is 1.82. The van der Waals surface area contributed by atoms with Crippen LogP contribution in [0.1, 0.15) is 20.8 Å². The molecule has 0 spiro atoms. The molecular weight excluding hydrogens is 200 g/mol. The average Bonchev–Trinajstić information content (AvgIpc) is 2.24. The van der Waals surface area contributed by atoms with E-state index in [-0.39, 0.29) is 12.4 Å². The number of hydrogen-bond acceptors (Lipinski definition) is 2. The molecular formula is C14H20O2. The molecule has 0 atom stereocenters. The Morgan fingerprint density at radius 2 is 1.62 bits per heavy atom. The molecule has 0 unspecified atom stereocenters. The highest BCUT2D eigenvalue weighted by molar-refractivity contribution is 5.27. The van der Waals surface area contributed by atoms with Crippen molar-refractivity contribution < 1.29 is 10.2 Å². The third kappa shape index (κ3) is 7.83. The Morgan fingerprint density at radius 3 is 2.12 bits per heavy atom. The van der Waals surface area contributed by atoms with Crippen molar-refractivity contribution in [2.75, 3.05) is 6.61 Å². The fraction of sp³-hybridized carbons (Fsp3) is 0.286. The summed E-state index contributed by atoms with van der Waals surface area (Å²) < 4.78 is 0. The number of allylic oxidation sites excluding steroid dienone is 9. The average molecular weight is 220 g/mol. The molecule has 0 saturated carbocycles. The van der Waals surface area contributed by atoms with Gasteiger partial charge in [-0.15, -0.1) is 0 Å². The SMILES string of the molecule is C/C=C/C(C)=C/C=C/C=C(C)/C=C(\O)CO. The summed E-state index contributed by atoms with van der Waals surface area (Å²) in [6, 6.07) is 0. The minimum absolute atomic E-state index is 0.0252. The van der Waals surface area contributed by atoms with E-state index in [2.05, 4.69) is 0 Å². The molecule has 0 amide bonds. The van der Waals surface area contributed by atoms with Gasteiger partial charge in [-0.1, -0.05) is 42.0 Å². The van der Waals surface area contributed by atoms with Gasteiger partial charge in [0.15, 0.2) is 0 Å². The van der Waals surface area contributed by atoms with Crippen LogP contribution in [0.2, 0.25) is 0 Å². The van der Waals surface area contributed by atoms with Crippen LogP contribution in [0.3, 0.4) is 0 Å². The van der Waals surface area contributed by atoms with Crippen molar-refractivity contribution in [2.24, 2.45) is 0 Å². The maximum atomic E-state index is 9.07. The van der Waals surface area contributed by atoms with Crippen LogP contribution in [-0.2, 0) is 0 Å². The Morgan fingerprint density at radius 1 is 1.06 bits per heavy atom. The van der Waals surface area contributed by atoms with E-state index in [1.165, 1.54) is 11.6 Å². The first-order chi connectivity index (χ1) is 7.60. The molecule has 0 aliphatic carbocycles. The van der Waals surface area contributed by atoms with Crippen LogP contribution < -0.4 is 0 Å². The molecule has 2 heteroatoms. The normalized spacial score (nSPS) is 15.4. The van der Waals surface area contributed by atoms with Crippen molar-refractivity contribution in [3.8, 4) is 0 Å². The quantitative estimate of drug-likeness (QED) is 0.550. The molecule has 0 heterocycles. The molecule has 0 fully saturated rings. The molecule has 0 aromatic heterocycles. The molecule has 0 rings (SSSR count). The lowest BCUT2D eigenvalue weighted by molar-refractivity contribution is 0.253. The van der Waals surface area contributed by atoms with E-state index >= 15 is 0 Å². The smallest absolute Gasteiger partial charge is 0.118 e. The Hall–Kier alpha value is -1.54. The second kappa shape index (κ2) is 8.74. The summed E-state index contributed by atoms with van der Waals surface area (Å²) in [6.07, 6.45) is 13.2. The van der Waals surface area contributed by atoms with Crippen LogP contribution in [0.5, 0.6) is 0 Å². The molecule has 0 bridgehead atoms. The molecule has 0 aliphatic heterocycles. The van der Waals surface area contributed by atoms with Gasteiger partial charge in [0.2, 0.25) is 0 Å². The highest BCUT2D eigenvalue weighted by Crippen LogP contribution is 2.00. The van der Waals surface area contributed by atoms with Crippen LogP contribution in [0.15, 0.2) is 59.4 Å². The van der Waals surface area contributed by atoms with E-state index in [0.29, 0.717) is 0 Å². The van der Waals surface area contributed by atoms with E-state index in [1.54, 1.807) is 0 Å². The van der Waals surface area contributed by atoms with E-state index < -0.39 is 0 Å². The molecule has 88 valence electrons. The summed E-state index contributed by atoms with van der Waals surface area (Å²) in [5, 5.41) is 17.7. The number of aliphatic hydroxyl groups excluding tert-OH is 2. The van der Waals surface area contributed by atoms with Crippen LogP contribution in [0.25, 0.3) is 0 Å². The van der Waals surface area contributed by atoms with Gasteiger partial charge >= 0.3 is 0 Å². The highest BCUT2D eigenvalue weighted by atomic mass is 16.3. The topological polar surface area (TPSA) is 40.5 Å². The second-order valence-corrected chi connectivity index (χ2v) is 3.50. The molecule has 16 heavy (non-hydrogen) atoms. The van der Waals surface area contributed by atoms with Crippen molar-refractivity contribution >= 4 is 0 Å². The van der Waals surface area contributed by atoms with Gasteiger partial charge < -0.3 is 10.2 Å². The molecule has 2 N–H and O–H groups in total. The summed E-state index contributed by atoms with van der Waals surface area (Å²) in [7, 11) is 0. The Kier molecular flexibility index (Phi) is 7.90. The fourth-order valence-corrected chi connectivity index (χ4v) is 1.09. The van der Waals surface area contributed by atoms with Gasteiger partial charge in [0, 0.05) is 0 Å². The predicted molar refractivity (Wildman–Crippen MR) is 69.3 cm³/mol. The van der Waals surface area contributed by atoms with Crippen LogP contribution in [0, 0.1) is 0 Å². The van der Waals surface area contributed by atoms with Gasteiger partial charge in [0.1, 0.15) is 12.4 Å². The van der Waals surface area contributed by atoms with Crippen molar-refractivity contribution in [3.63, 3.8) is 0 Å². The van der Waals surface area contributed by atoms with Crippen LogP contribution in [-0.4, -0.2) is 16.8 Å². The summed E-state index contributed by atoms with van der Waals surface area (Å²) >= 11 is 0. The lowest BCUT2D eigenvalue weighted by Crippen LogP contribution is -1.87. The van der Waals surface area contributed by atoms with E-state index in [0.717, 1.165) is 5.57 Å². The van der Waals surface area contributed by atoms with Gasteiger partial charge in [-0.05, 0) is 32.4 Å². The zero-order valence-corrected chi connectivity index (χ0v) is 10.1. The van der Waals surface area contributed by atoms with Crippen LogP contribution >= 0.6 is 0 Å². The van der Waals surface area contributed by atoms with Crippen molar-refractivity contribution in [2.45, 2.75) is 20.8 Å².